The number of hydrogen-bond acceptors (Lipinski definition) is 7. The van der Waals surface area contributed by atoms with Gasteiger partial charge >= 0.3 is 0 Å². The van der Waals surface area contributed by atoms with Gasteiger partial charge in [-0.1, -0.05) is 26.0 Å². The Morgan fingerprint density at radius 1 is 1.05 bits per heavy atom. The van der Waals surface area contributed by atoms with E-state index in [-0.39, 0.29) is 24.7 Å². The molecule has 41 heavy (non-hydrogen) atoms. The second-order valence-corrected chi connectivity index (χ2v) is 12.0. The minimum atomic E-state index is -3.70. The highest BCUT2D eigenvalue weighted by Crippen LogP contribution is 2.33. The van der Waals surface area contributed by atoms with Crippen molar-refractivity contribution >= 4 is 22.0 Å². The number of aliphatic hydroxyl groups excluding tert-OH is 1. The number of aliphatic hydroxyl groups is 1. The number of anilines is 1. The summed E-state index contributed by atoms with van der Waals surface area (Å²) in [7, 11) is -2.38. The average Bonchev–Trinajstić information content (AvgIpc) is 2.88. The number of rotatable bonds is 8. The Kier molecular flexibility index (Phi) is 9.00. The predicted molar refractivity (Wildman–Crippen MR) is 145 cm³/mol. The van der Waals surface area contributed by atoms with E-state index in [1.165, 1.54) is 31.3 Å². The second-order valence-electron chi connectivity index (χ2n) is 9.97. The Hall–Kier alpha value is -3.55. The van der Waals surface area contributed by atoms with Crippen molar-refractivity contribution in [1.82, 2.24) is 9.97 Å². The summed E-state index contributed by atoms with van der Waals surface area (Å²) in [4.78, 5) is 8.99. The van der Waals surface area contributed by atoms with E-state index in [4.69, 9.17) is 9.47 Å². The highest BCUT2D eigenvalue weighted by atomic mass is 32.2. The molecule has 2 heterocycles. The van der Waals surface area contributed by atoms with Gasteiger partial charge in [-0.15, -0.1) is 0 Å². The Bertz CT molecular complexity index is 1530. The quantitative estimate of drug-likeness (QED) is 0.358. The zero-order chi connectivity index (χ0) is 30.1. The molecule has 0 amide bonds. The van der Waals surface area contributed by atoms with Crippen LogP contribution in [0.25, 0.3) is 17.3 Å². The van der Waals surface area contributed by atoms with Crippen LogP contribution in [-0.2, 0) is 14.8 Å². The lowest BCUT2D eigenvalue weighted by atomic mass is 9.97. The van der Waals surface area contributed by atoms with E-state index in [2.05, 4.69) is 9.97 Å². The summed E-state index contributed by atoms with van der Waals surface area (Å²) >= 11 is 0. The van der Waals surface area contributed by atoms with Gasteiger partial charge in [-0.3, -0.25) is 0 Å². The van der Waals surface area contributed by atoms with Gasteiger partial charge in [0.05, 0.1) is 29.9 Å². The molecule has 0 radical (unpaired) electrons. The molecule has 1 unspecified atom stereocenters. The lowest BCUT2D eigenvalue weighted by Gasteiger charge is -2.32. The molecule has 2 aromatic carbocycles. The highest BCUT2D eigenvalue weighted by molar-refractivity contribution is 7.92. The van der Waals surface area contributed by atoms with Crippen molar-refractivity contribution < 1.29 is 40.6 Å². The molecule has 0 spiro atoms. The zero-order valence-electron chi connectivity index (χ0n) is 22.7. The lowest BCUT2D eigenvalue weighted by Crippen LogP contribution is -2.38. The molecular weight excluding hydrogens is 566 g/mol. The van der Waals surface area contributed by atoms with E-state index >= 15 is 0 Å². The first kappa shape index (κ1) is 30.4. The zero-order valence-corrected chi connectivity index (χ0v) is 23.5. The normalized spacial score (nSPS) is 19.6. The van der Waals surface area contributed by atoms with E-state index in [1.807, 2.05) is 13.8 Å². The van der Waals surface area contributed by atoms with Gasteiger partial charge < -0.3 is 14.6 Å². The van der Waals surface area contributed by atoms with Gasteiger partial charge in [-0.2, -0.15) is 0 Å². The Morgan fingerprint density at radius 2 is 1.68 bits per heavy atom. The van der Waals surface area contributed by atoms with Crippen LogP contribution < -0.4 is 9.04 Å². The first-order valence-corrected chi connectivity index (χ1v) is 14.5. The van der Waals surface area contributed by atoms with Crippen LogP contribution in [0.2, 0.25) is 0 Å². The van der Waals surface area contributed by atoms with Crippen LogP contribution in [0.3, 0.4) is 0 Å². The van der Waals surface area contributed by atoms with Crippen LogP contribution >= 0.6 is 0 Å². The Labute approximate surface area is 235 Å². The topological polar surface area (TPSA) is 102 Å². The first-order valence-electron chi connectivity index (χ1n) is 12.7. The van der Waals surface area contributed by atoms with Crippen molar-refractivity contribution in [3.8, 4) is 17.0 Å². The molecule has 4 rings (SSSR count). The number of halogens is 4. The molecule has 1 N–H and O–H groups in total. The van der Waals surface area contributed by atoms with E-state index in [0.717, 1.165) is 10.6 Å². The standard InChI is InChI=1S/C28H29F4N3O5S/c1-15(2)25-21(26(16-5-7-17(29)8-6-16)34-28(33-25)35(3)41(4,37)38)10-9-20-13-19(36)14-24(39-20)40-27-22(31)11-18(30)12-23(27)32/h5-12,15,19-20,24,36H,13-14H2,1-4H3/t19-,20-,24?/m1/s1. The smallest absolute Gasteiger partial charge is 0.239 e. The minimum Gasteiger partial charge on any atom is -0.459 e. The van der Waals surface area contributed by atoms with Gasteiger partial charge in [-0.25, -0.2) is 40.3 Å². The fraction of sp³-hybridized carbons (Fsp3) is 0.357. The van der Waals surface area contributed by atoms with E-state index < -0.39 is 57.5 Å². The molecule has 3 atom stereocenters. The largest absolute Gasteiger partial charge is 0.459 e. The van der Waals surface area contributed by atoms with Crippen molar-refractivity contribution in [2.45, 2.75) is 51.1 Å². The second kappa shape index (κ2) is 12.1. The van der Waals surface area contributed by atoms with E-state index in [1.54, 1.807) is 12.2 Å². The molecule has 1 aliphatic heterocycles. The van der Waals surface area contributed by atoms with Gasteiger partial charge in [0, 0.05) is 43.1 Å². The highest BCUT2D eigenvalue weighted by Gasteiger charge is 2.30. The lowest BCUT2D eigenvalue weighted by molar-refractivity contribution is -0.163. The summed E-state index contributed by atoms with van der Waals surface area (Å²) in [5, 5.41) is 10.4. The summed E-state index contributed by atoms with van der Waals surface area (Å²) in [6.07, 6.45) is 1.31. The monoisotopic (exact) mass is 595 g/mol. The number of benzene rings is 2. The van der Waals surface area contributed by atoms with Crippen molar-refractivity contribution in [2.24, 2.45) is 0 Å². The van der Waals surface area contributed by atoms with Crippen molar-refractivity contribution in [1.29, 1.82) is 0 Å². The molecule has 1 saturated heterocycles. The van der Waals surface area contributed by atoms with Gasteiger partial charge in [0.1, 0.15) is 11.6 Å². The van der Waals surface area contributed by atoms with Crippen LogP contribution in [0, 0.1) is 23.3 Å². The molecule has 0 aliphatic carbocycles. The molecule has 8 nitrogen and oxygen atoms in total. The molecule has 1 aliphatic rings. The summed E-state index contributed by atoms with van der Waals surface area (Å²) in [5.74, 6) is -5.18. The SMILES string of the molecule is CC(C)c1nc(N(C)S(C)(=O)=O)nc(-c2ccc(F)cc2)c1C=C[C@@H]1C[C@@H](O)CC(Oc2c(F)cc(F)cc2F)O1. The molecule has 0 bridgehead atoms. The van der Waals surface area contributed by atoms with Crippen molar-refractivity contribution in [3.05, 3.63) is 77.0 Å². The van der Waals surface area contributed by atoms with Gasteiger partial charge in [0.25, 0.3) is 0 Å². The van der Waals surface area contributed by atoms with Crippen LogP contribution in [-0.4, -0.2) is 55.3 Å². The van der Waals surface area contributed by atoms with Gasteiger partial charge in [0.15, 0.2) is 17.4 Å². The fourth-order valence-corrected chi connectivity index (χ4v) is 4.64. The number of sulfonamides is 1. The minimum absolute atomic E-state index is 0.0752. The summed E-state index contributed by atoms with van der Waals surface area (Å²) < 4.78 is 91.8. The van der Waals surface area contributed by atoms with Gasteiger partial charge in [-0.05, 0) is 30.2 Å². The van der Waals surface area contributed by atoms with Crippen molar-refractivity contribution in [2.75, 3.05) is 17.6 Å². The summed E-state index contributed by atoms with van der Waals surface area (Å²) in [5.41, 5.74) is 1.80. The summed E-state index contributed by atoms with van der Waals surface area (Å²) in [6.45, 7) is 3.71. The van der Waals surface area contributed by atoms with E-state index in [9.17, 15) is 31.1 Å². The van der Waals surface area contributed by atoms with Gasteiger partial charge in [0.2, 0.25) is 22.3 Å². The molecule has 220 valence electrons. The van der Waals surface area contributed by atoms with Crippen LogP contribution in [0.5, 0.6) is 5.75 Å². The number of ether oxygens (including phenoxy) is 2. The predicted octanol–water partition coefficient (Wildman–Crippen LogP) is 5.18. The van der Waals surface area contributed by atoms with Crippen LogP contribution in [0.1, 0.15) is 43.9 Å². The molecule has 13 heteroatoms. The molecule has 1 aromatic heterocycles. The Morgan fingerprint density at radius 3 is 2.27 bits per heavy atom. The third-order valence-corrected chi connectivity index (χ3v) is 7.55. The maximum absolute atomic E-state index is 14.1. The third-order valence-electron chi connectivity index (χ3n) is 6.39. The number of nitrogens with zero attached hydrogens (tertiary/aromatic N) is 3. The average molecular weight is 596 g/mol. The first-order chi connectivity index (χ1) is 19.2. The van der Waals surface area contributed by atoms with E-state index in [0.29, 0.717) is 34.6 Å². The number of aromatic nitrogens is 2. The molecule has 1 fully saturated rings. The maximum atomic E-state index is 14.1. The third kappa shape index (κ3) is 7.21. The van der Waals surface area contributed by atoms with Crippen LogP contribution in [0.4, 0.5) is 23.5 Å². The number of hydrogen-bond donors (Lipinski definition) is 1. The fourth-order valence-electron chi connectivity index (χ4n) is 4.26. The summed E-state index contributed by atoms with van der Waals surface area (Å²) in [6, 6.07) is 6.45. The van der Waals surface area contributed by atoms with Crippen LogP contribution in [0.15, 0.2) is 42.5 Å². The maximum Gasteiger partial charge on any atom is 0.239 e. The molecule has 0 saturated carbocycles. The molecule has 3 aromatic rings. The Balaban J connectivity index is 1.72. The molecular formula is C28H29F4N3O5S. The van der Waals surface area contributed by atoms with Crippen molar-refractivity contribution in [3.63, 3.8) is 0 Å².